The Bertz CT molecular complexity index is 376. The van der Waals surface area contributed by atoms with Gasteiger partial charge in [0.05, 0.1) is 0 Å². The van der Waals surface area contributed by atoms with Crippen molar-refractivity contribution in [2.45, 2.75) is 12.8 Å². The van der Waals surface area contributed by atoms with Crippen LogP contribution in [0.1, 0.15) is 23.2 Å². The van der Waals surface area contributed by atoms with Crippen LogP contribution in [-0.2, 0) is 4.79 Å². The molecule has 0 aliphatic carbocycles. The van der Waals surface area contributed by atoms with E-state index in [0.717, 1.165) is 0 Å². The molecular formula is C11H13FN2O2. The van der Waals surface area contributed by atoms with E-state index in [9.17, 15) is 14.0 Å². The zero-order valence-electron chi connectivity index (χ0n) is 8.70. The quantitative estimate of drug-likeness (QED) is 0.727. The second kappa shape index (κ2) is 5.85. The second-order valence-corrected chi connectivity index (χ2v) is 3.33. The van der Waals surface area contributed by atoms with Gasteiger partial charge in [-0.2, -0.15) is 0 Å². The van der Waals surface area contributed by atoms with Crippen LogP contribution in [0.2, 0.25) is 0 Å². The summed E-state index contributed by atoms with van der Waals surface area (Å²) in [6, 6.07) is 5.24. The summed E-state index contributed by atoms with van der Waals surface area (Å²) in [6.45, 7) is 0.374. The fourth-order valence-corrected chi connectivity index (χ4v) is 1.17. The van der Waals surface area contributed by atoms with Gasteiger partial charge in [0.2, 0.25) is 5.91 Å². The summed E-state index contributed by atoms with van der Waals surface area (Å²) in [4.78, 5) is 21.9. The Hall–Kier alpha value is -1.91. The number of hydrogen-bond donors (Lipinski definition) is 2. The molecule has 2 amide bonds. The highest BCUT2D eigenvalue weighted by molar-refractivity contribution is 5.94. The van der Waals surface area contributed by atoms with Crippen LogP contribution in [0, 0.1) is 5.82 Å². The number of nitrogens with one attached hydrogen (secondary N) is 1. The third-order valence-corrected chi connectivity index (χ3v) is 1.99. The molecule has 0 bridgehead atoms. The van der Waals surface area contributed by atoms with Crippen molar-refractivity contribution in [2.75, 3.05) is 6.54 Å². The highest BCUT2D eigenvalue weighted by Crippen LogP contribution is 2.02. The Labute approximate surface area is 92.6 Å². The van der Waals surface area contributed by atoms with E-state index >= 15 is 0 Å². The summed E-state index contributed by atoms with van der Waals surface area (Å²) in [5.74, 6) is -1.06. The molecule has 0 aliphatic rings. The van der Waals surface area contributed by atoms with Crippen molar-refractivity contribution in [3.05, 3.63) is 35.6 Å². The molecule has 1 aromatic rings. The molecular weight excluding hydrogens is 211 g/mol. The number of amides is 2. The number of rotatable bonds is 5. The first-order chi connectivity index (χ1) is 7.59. The molecule has 16 heavy (non-hydrogen) atoms. The van der Waals surface area contributed by atoms with Gasteiger partial charge in [-0.3, -0.25) is 9.59 Å². The fourth-order valence-electron chi connectivity index (χ4n) is 1.17. The van der Waals surface area contributed by atoms with E-state index in [1.165, 1.54) is 24.3 Å². The van der Waals surface area contributed by atoms with Crippen LogP contribution in [0.4, 0.5) is 4.39 Å². The van der Waals surface area contributed by atoms with E-state index in [-0.39, 0.29) is 18.1 Å². The van der Waals surface area contributed by atoms with Gasteiger partial charge in [0.1, 0.15) is 5.82 Å². The maximum Gasteiger partial charge on any atom is 0.251 e. The Morgan fingerprint density at radius 3 is 2.44 bits per heavy atom. The minimum Gasteiger partial charge on any atom is -0.370 e. The maximum absolute atomic E-state index is 12.6. The highest BCUT2D eigenvalue weighted by atomic mass is 19.1. The molecule has 4 nitrogen and oxygen atoms in total. The first-order valence-corrected chi connectivity index (χ1v) is 4.91. The van der Waals surface area contributed by atoms with Crippen LogP contribution >= 0.6 is 0 Å². The predicted molar refractivity (Wildman–Crippen MR) is 57.2 cm³/mol. The van der Waals surface area contributed by atoms with Crippen molar-refractivity contribution in [1.82, 2.24) is 5.32 Å². The average Bonchev–Trinajstić information content (AvgIpc) is 2.25. The molecule has 0 spiro atoms. The van der Waals surface area contributed by atoms with Gasteiger partial charge in [-0.15, -0.1) is 0 Å². The topological polar surface area (TPSA) is 72.2 Å². The lowest BCUT2D eigenvalue weighted by Crippen LogP contribution is -2.25. The largest absolute Gasteiger partial charge is 0.370 e. The normalized spacial score (nSPS) is 9.81. The molecule has 5 heteroatoms. The summed E-state index contributed by atoms with van der Waals surface area (Å²) in [7, 11) is 0. The molecule has 0 saturated heterocycles. The SMILES string of the molecule is NC(=O)CCCNC(=O)c1ccc(F)cc1. The first kappa shape index (κ1) is 12.2. The second-order valence-electron chi connectivity index (χ2n) is 3.33. The van der Waals surface area contributed by atoms with Crippen molar-refractivity contribution in [3.63, 3.8) is 0 Å². The fraction of sp³-hybridized carbons (Fsp3) is 0.273. The van der Waals surface area contributed by atoms with E-state index in [1.54, 1.807) is 0 Å². The Morgan fingerprint density at radius 2 is 1.88 bits per heavy atom. The number of primary amides is 1. The number of nitrogens with two attached hydrogens (primary N) is 1. The van der Waals surface area contributed by atoms with E-state index < -0.39 is 5.91 Å². The van der Waals surface area contributed by atoms with Crippen LogP contribution in [0.3, 0.4) is 0 Å². The molecule has 1 aromatic carbocycles. The van der Waals surface area contributed by atoms with Crippen molar-refractivity contribution >= 4 is 11.8 Å². The van der Waals surface area contributed by atoms with Gasteiger partial charge in [-0.1, -0.05) is 0 Å². The van der Waals surface area contributed by atoms with E-state index in [2.05, 4.69) is 5.32 Å². The van der Waals surface area contributed by atoms with Crippen LogP contribution in [-0.4, -0.2) is 18.4 Å². The molecule has 1 rings (SSSR count). The molecule has 0 atom stereocenters. The predicted octanol–water partition coefficient (Wildman–Crippen LogP) is 0.821. The molecule has 0 unspecified atom stereocenters. The molecule has 0 aromatic heterocycles. The Balaban J connectivity index is 2.35. The number of halogens is 1. The summed E-state index contributed by atoms with van der Waals surface area (Å²) >= 11 is 0. The third-order valence-electron chi connectivity index (χ3n) is 1.99. The number of benzene rings is 1. The average molecular weight is 224 g/mol. The van der Waals surface area contributed by atoms with Gasteiger partial charge >= 0.3 is 0 Å². The van der Waals surface area contributed by atoms with E-state index in [1.807, 2.05) is 0 Å². The maximum atomic E-state index is 12.6. The molecule has 0 aliphatic heterocycles. The monoisotopic (exact) mass is 224 g/mol. The minimum atomic E-state index is -0.393. The summed E-state index contributed by atoms with van der Waals surface area (Å²) in [5, 5.41) is 2.60. The van der Waals surface area contributed by atoms with Crippen molar-refractivity contribution in [2.24, 2.45) is 5.73 Å². The van der Waals surface area contributed by atoms with Crippen molar-refractivity contribution in [3.8, 4) is 0 Å². The number of hydrogen-bond acceptors (Lipinski definition) is 2. The molecule has 3 N–H and O–H groups in total. The molecule has 0 radical (unpaired) electrons. The van der Waals surface area contributed by atoms with Gasteiger partial charge in [0.25, 0.3) is 5.91 Å². The van der Waals surface area contributed by atoms with Crippen LogP contribution < -0.4 is 11.1 Å². The summed E-state index contributed by atoms with van der Waals surface area (Å²) < 4.78 is 12.6. The summed E-state index contributed by atoms with van der Waals surface area (Å²) in [5.41, 5.74) is 5.33. The van der Waals surface area contributed by atoms with E-state index in [4.69, 9.17) is 5.73 Å². The Kier molecular flexibility index (Phi) is 4.44. The van der Waals surface area contributed by atoms with E-state index in [0.29, 0.717) is 18.5 Å². The standard InChI is InChI=1S/C11H13FN2O2/c12-9-5-3-8(4-6-9)11(16)14-7-1-2-10(13)15/h3-6H,1-2,7H2,(H2,13,15)(H,14,16). The zero-order chi connectivity index (χ0) is 12.0. The zero-order valence-corrected chi connectivity index (χ0v) is 8.70. The lowest BCUT2D eigenvalue weighted by Gasteiger charge is -2.03. The Morgan fingerprint density at radius 1 is 1.25 bits per heavy atom. The number of carbonyl (C=O) groups excluding carboxylic acids is 2. The van der Waals surface area contributed by atoms with Crippen LogP contribution in [0.5, 0.6) is 0 Å². The van der Waals surface area contributed by atoms with Crippen molar-refractivity contribution < 1.29 is 14.0 Å². The first-order valence-electron chi connectivity index (χ1n) is 4.91. The molecule has 0 saturated carbocycles. The van der Waals surface area contributed by atoms with Crippen molar-refractivity contribution in [1.29, 1.82) is 0 Å². The van der Waals surface area contributed by atoms with Gasteiger partial charge < -0.3 is 11.1 Å². The summed E-state index contributed by atoms with van der Waals surface area (Å²) in [6.07, 6.45) is 0.742. The number of carbonyl (C=O) groups is 2. The molecule has 0 heterocycles. The minimum absolute atomic E-state index is 0.240. The molecule has 0 fully saturated rings. The lowest BCUT2D eigenvalue weighted by molar-refractivity contribution is -0.118. The van der Waals surface area contributed by atoms with Gasteiger partial charge in [-0.05, 0) is 30.7 Å². The van der Waals surface area contributed by atoms with Crippen LogP contribution in [0.25, 0.3) is 0 Å². The van der Waals surface area contributed by atoms with Crippen LogP contribution in [0.15, 0.2) is 24.3 Å². The smallest absolute Gasteiger partial charge is 0.251 e. The van der Waals surface area contributed by atoms with Gasteiger partial charge in [-0.25, -0.2) is 4.39 Å². The highest BCUT2D eigenvalue weighted by Gasteiger charge is 2.04. The van der Waals surface area contributed by atoms with Gasteiger partial charge in [0, 0.05) is 18.5 Å². The lowest BCUT2D eigenvalue weighted by atomic mass is 10.2. The van der Waals surface area contributed by atoms with Gasteiger partial charge in [0.15, 0.2) is 0 Å². The molecule has 86 valence electrons. The third kappa shape index (κ3) is 4.08.